The fourth-order valence-electron chi connectivity index (χ4n) is 3.98. The number of benzene rings is 2. The van der Waals surface area contributed by atoms with Gasteiger partial charge in [-0.25, -0.2) is 0 Å². The highest BCUT2D eigenvalue weighted by molar-refractivity contribution is 6.30. The third-order valence-electron chi connectivity index (χ3n) is 5.90. The number of carbonyl (C=O) groups excluding carboxylic acids is 3. The molecule has 1 aliphatic heterocycles. The summed E-state index contributed by atoms with van der Waals surface area (Å²) in [6, 6.07) is 12.8. The molecule has 1 fully saturated rings. The summed E-state index contributed by atoms with van der Waals surface area (Å²) < 4.78 is 10.2. The predicted molar refractivity (Wildman–Crippen MR) is 129 cm³/mol. The van der Waals surface area contributed by atoms with Crippen LogP contribution in [-0.2, 0) is 9.53 Å². The number of amides is 3. The van der Waals surface area contributed by atoms with E-state index < -0.39 is 6.04 Å². The van der Waals surface area contributed by atoms with Gasteiger partial charge in [-0.15, -0.1) is 0 Å². The molecule has 0 saturated carbocycles. The van der Waals surface area contributed by atoms with Crippen molar-refractivity contribution in [3.63, 3.8) is 0 Å². The molecule has 0 spiro atoms. The van der Waals surface area contributed by atoms with Crippen molar-refractivity contribution in [2.75, 3.05) is 40.5 Å². The van der Waals surface area contributed by atoms with Gasteiger partial charge in [0.05, 0.1) is 13.7 Å². The molecule has 0 aliphatic carbocycles. The van der Waals surface area contributed by atoms with Gasteiger partial charge >= 0.3 is 0 Å². The average Bonchev–Trinajstić information content (AvgIpc) is 2.87. The Labute approximate surface area is 204 Å². The lowest BCUT2D eigenvalue weighted by Crippen LogP contribution is -2.54. The molecule has 182 valence electrons. The largest absolute Gasteiger partial charge is 0.497 e. The van der Waals surface area contributed by atoms with Gasteiger partial charge in [0, 0.05) is 42.9 Å². The van der Waals surface area contributed by atoms with Gasteiger partial charge in [-0.3, -0.25) is 14.4 Å². The van der Waals surface area contributed by atoms with Crippen molar-refractivity contribution in [1.29, 1.82) is 0 Å². The maximum Gasteiger partial charge on any atom is 0.253 e. The zero-order valence-electron chi connectivity index (χ0n) is 19.4. The van der Waals surface area contributed by atoms with Crippen molar-refractivity contribution in [2.45, 2.75) is 18.9 Å². The van der Waals surface area contributed by atoms with E-state index in [1.165, 1.54) is 7.11 Å². The molecule has 2 N–H and O–H groups in total. The molecule has 8 nitrogen and oxygen atoms in total. The van der Waals surface area contributed by atoms with Gasteiger partial charge in [-0.2, -0.15) is 0 Å². The molecule has 1 saturated heterocycles. The third-order valence-corrected chi connectivity index (χ3v) is 6.15. The van der Waals surface area contributed by atoms with Crippen molar-refractivity contribution >= 4 is 29.3 Å². The molecule has 1 heterocycles. The number of rotatable bonds is 9. The minimum Gasteiger partial charge on any atom is -0.497 e. The number of methoxy groups -OCH3 is 2. The number of hydrogen-bond acceptors (Lipinski definition) is 5. The second-order valence-corrected chi connectivity index (χ2v) is 8.54. The van der Waals surface area contributed by atoms with Gasteiger partial charge in [-0.1, -0.05) is 17.7 Å². The van der Waals surface area contributed by atoms with Crippen molar-refractivity contribution < 1.29 is 23.9 Å². The predicted octanol–water partition coefficient (Wildman–Crippen LogP) is 2.76. The van der Waals surface area contributed by atoms with Crippen molar-refractivity contribution in [1.82, 2.24) is 15.5 Å². The Morgan fingerprint density at radius 3 is 2.41 bits per heavy atom. The minimum atomic E-state index is -0.733. The Morgan fingerprint density at radius 2 is 1.76 bits per heavy atom. The first-order valence-corrected chi connectivity index (χ1v) is 11.6. The molecular formula is C25H30ClN3O5. The van der Waals surface area contributed by atoms with E-state index >= 15 is 0 Å². The van der Waals surface area contributed by atoms with Crippen LogP contribution in [0.25, 0.3) is 0 Å². The van der Waals surface area contributed by atoms with Crippen molar-refractivity contribution in [3.05, 3.63) is 64.7 Å². The summed E-state index contributed by atoms with van der Waals surface area (Å²) in [4.78, 5) is 40.5. The number of nitrogens with one attached hydrogen (secondary N) is 2. The lowest BCUT2D eigenvalue weighted by molar-refractivity contribution is -0.124. The molecule has 0 aromatic heterocycles. The van der Waals surface area contributed by atoms with E-state index in [9.17, 15) is 14.4 Å². The normalized spacial score (nSPS) is 14.9. The molecule has 34 heavy (non-hydrogen) atoms. The van der Waals surface area contributed by atoms with E-state index in [0.29, 0.717) is 61.0 Å². The monoisotopic (exact) mass is 487 g/mol. The molecule has 3 amide bonds. The number of ether oxygens (including phenoxy) is 2. The molecule has 3 rings (SSSR count). The van der Waals surface area contributed by atoms with Crippen molar-refractivity contribution in [3.8, 4) is 5.75 Å². The number of likely N-dealkylation sites (tertiary alicyclic amines) is 1. The topological polar surface area (TPSA) is 97.0 Å². The summed E-state index contributed by atoms with van der Waals surface area (Å²) in [7, 11) is 3.09. The highest BCUT2D eigenvalue weighted by Gasteiger charge is 2.34. The van der Waals surface area contributed by atoms with Gasteiger partial charge in [0.2, 0.25) is 5.91 Å². The molecule has 1 aliphatic rings. The lowest BCUT2D eigenvalue weighted by atomic mass is 9.88. The molecule has 2 aromatic carbocycles. The van der Waals surface area contributed by atoms with Crippen LogP contribution in [-0.4, -0.2) is 69.1 Å². The van der Waals surface area contributed by atoms with E-state index in [2.05, 4.69) is 10.6 Å². The van der Waals surface area contributed by atoms with Gasteiger partial charge < -0.3 is 25.0 Å². The first-order valence-electron chi connectivity index (χ1n) is 11.2. The molecule has 0 unspecified atom stereocenters. The summed E-state index contributed by atoms with van der Waals surface area (Å²) in [6.07, 6.45) is 1.17. The van der Waals surface area contributed by atoms with Crippen LogP contribution >= 0.6 is 11.6 Å². The number of carbonyl (C=O) groups is 3. The van der Waals surface area contributed by atoms with Crippen LogP contribution in [0.15, 0.2) is 48.5 Å². The lowest BCUT2D eigenvalue weighted by Gasteiger charge is -2.36. The average molecular weight is 488 g/mol. The van der Waals surface area contributed by atoms with Gasteiger partial charge in [-0.05, 0) is 61.2 Å². The first kappa shape index (κ1) is 25.5. The van der Waals surface area contributed by atoms with Crippen LogP contribution < -0.4 is 15.4 Å². The number of halogens is 1. The Balaban J connectivity index is 1.68. The van der Waals surface area contributed by atoms with Gasteiger partial charge in [0.25, 0.3) is 11.8 Å². The van der Waals surface area contributed by atoms with E-state index in [4.69, 9.17) is 21.1 Å². The van der Waals surface area contributed by atoms with Crippen LogP contribution in [0.3, 0.4) is 0 Å². The standard InChI is InChI=1S/C25H30ClN3O5/c1-33-15-12-27-24(31)22(28-23(30)19-4-3-5-21(16-19)34-2)17-10-13-29(14-11-17)25(32)18-6-8-20(26)9-7-18/h3-9,16-17,22H,10-15H2,1-2H3,(H,27,31)(H,28,30)/t22-/m0/s1. The van der Waals surface area contributed by atoms with E-state index in [1.54, 1.807) is 60.5 Å². The third kappa shape index (κ3) is 6.71. The summed E-state index contributed by atoms with van der Waals surface area (Å²) >= 11 is 5.92. The Bertz CT molecular complexity index is 990. The van der Waals surface area contributed by atoms with E-state index in [0.717, 1.165) is 0 Å². The van der Waals surface area contributed by atoms with Crippen LogP contribution in [0.5, 0.6) is 5.75 Å². The molecular weight excluding hydrogens is 458 g/mol. The molecule has 0 radical (unpaired) electrons. The Kier molecular flexibility index (Phi) is 9.30. The molecule has 9 heteroatoms. The zero-order valence-corrected chi connectivity index (χ0v) is 20.1. The van der Waals surface area contributed by atoms with Gasteiger partial charge in [0.1, 0.15) is 11.8 Å². The van der Waals surface area contributed by atoms with Crippen LogP contribution in [0.2, 0.25) is 5.02 Å². The van der Waals surface area contributed by atoms with Crippen molar-refractivity contribution in [2.24, 2.45) is 5.92 Å². The number of nitrogens with zero attached hydrogens (tertiary/aromatic N) is 1. The smallest absolute Gasteiger partial charge is 0.253 e. The maximum atomic E-state index is 13.0. The quantitative estimate of drug-likeness (QED) is 0.530. The number of hydrogen-bond donors (Lipinski definition) is 2. The highest BCUT2D eigenvalue weighted by atomic mass is 35.5. The second-order valence-electron chi connectivity index (χ2n) is 8.10. The summed E-state index contributed by atoms with van der Waals surface area (Å²) in [5.74, 6) is -0.257. The Hall–Kier alpha value is -3.10. The Morgan fingerprint density at radius 1 is 1.06 bits per heavy atom. The summed E-state index contributed by atoms with van der Waals surface area (Å²) in [5.41, 5.74) is 0.979. The van der Waals surface area contributed by atoms with Crippen LogP contribution in [0, 0.1) is 5.92 Å². The molecule has 0 bridgehead atoms. The highest BCUT2D eigenvalue weighted by Crippen LogP contribution is 2.24. The molecule has 2 aromatic rings. The van der Waals surface area contributed by atoms with Crippen LogP contribution in [0.4, 0.5) is 0 Å². The second kappa shape index (κ2) is 12.4. The summed E-state index contributed by atoms with van der Waals surface area (Å²) in [5, 5.41) is 6.30. The molecule has 1 atom stereocenters. The maximum absolute atomic E-state index is 13.0. The van der Waals surface area contributed by atoms with E-state index in [1.807, 2.05) is 0 Å². The summed E-state index contributed by atoms with van der Waals surface area (Å²) in [6.45, 7) is 1.69. The fraction of sp³-hybridized carbons (Fsp3) is 0.400. The van der Waals surface area contributed by atoms with Gasteiger partial charge in [0.15, 0.2) is 0 Å². The SMILES string of the molecule is COCCNC(=O)[C@@H](NC(=O)c1cccc(OC)c1)C1CCN(C(=O)c2ccc(Cl)cc2)CC1. The first-order chi connectivity index (χ1) is 16.4. The minimum absolute atomic E-state index is 0.0726. The van der Waals surface area contributed by atoms with E-state index in [-0.39, 0.29) is 23.6 Å². The van der Waals surface area contributed by atoms with Crippen LogP contribution in [0.1, 0.15) is 33.6 Å². The zero-order chi connectivity index (χ0) is 24.5. The number of piperidine rings is 1. The fourth-order valence-corrected chi connectivity index (χ4v) is 4.11.